The molecule has 1 aliphatic carbocycles. The summed E-state index contributed by atoms with van der Waals surface area (Å²) >= 11 is 0. The number of ether oxygens (including phenoxy) is 1. The maximum atomic E-state index is 5.34. The van der Waals surface area contributed by atoms with Crippen molar-refractivity contribution in [3.63, 3.8) is 0 Å². The van der Waals surface area contributed by atoms with Crippen LogP contribution in [0, 0.1) is 18.8 Å². The Balaban J connectivity index is 1.90. The molecule has 2 atom stereocenters. The minimum Gasteiger partial charge on any atom is -0.495 e. The lowest BCUT2D eigenvalue weighted by molar-refractivity contribution is 0.409. The highest BCUT2D eigenvalue weighted by Crippen LogP contribution is 2.38. The highest BCUT2D eigenvalue weighted by molar-refractivity contribution is 5.69. The van der Waals surface area contributed by atoms with Crippen molar-refractivity contribution >= 4 is 5.57 Å². The third-order valence-corrected chi connectivity index (χ3v) is 3.92. The van der Waals surface area contributed by atoms with E-state index in [2.05, 4.69) is 22.4 Å². The second-order valence-corrected chi connectivity index (χ2v) is 4.99. The second kappa shape index (κ2) is 4.15. The SMILES string of the molecule is COc1cc(C2=C[C@@H]3CNC[C@@H]3C2)cnc1C. The minimum absolute atomic E-state index is 0.720. The van der Waals surface area contributed by atoms with Crippen LogP contribution < -0.4 is 10.1 Å². The standard InChI is InChI=1S/C14H18N2O/c1-9-14(17-2)5-13(8-16-9)10-3-11-6-15-7-12(11)4-10/h3,5,8,11-12,15H,4,6-7H2,1-2H3/t11-,12+/m1/s1. The van der Waals surface area contributed by atoms with Crippen molar-refractivity contribution in [2.75, 3.05) is 20.2 Å². The van der Waals surface area contributed by atoms with E-state index in [1.165, 1.54) is 17.6 Å². The quantitative estimate of drug-likeness (QED) is 0.844. The molecule has 2 aliphatic rings. The number of methoxy groups -OCH3 is 1. The van der Waals surface area contributed by atoms with E-state index in [1.807, 2.05) is 13.1 Å². The monoisotopic (exact) mass is 230 g/mol. The summed E-state index contributed by atoms with van der Waals surface area (Å²) < 4.78 is 5.34. The molecule has 1 aromatic heterocycles. The first-order valence-corrected chi connectivity index (χ1v) is 6.20. The molecule has 1 saturated heterocycles. The van der Waals surface area contributed by atoms with Crippen LogP contribution in [0.25, 0.3) is 5.57 Å². The molecule has 1 aromatic rings. The largest absolute Gasteiger partial charge is 0.495 e. The molecule has 1 fully saturated rings. The van der Waals surface area contributed by atoms with Crippen LogP contribution in [0.4, 0.5) is 0 Å². The van der Waals surface area contributed by atoms with E-state index < -0.39 is 0 Å². The number of hydrogen-bond acceptors (Lipinski definition) is 3. The van der Waals surface area contributed by atoms with Crippen molar-refractivity contribution in [3.8, 4) is 5.75 Å². The van der Waals surface area contributed by atoms with Gasteiger partial charge in [0.15, 0.2) is 0 Å². The lowest BCUT2D eigenvalue weighted by atomic mass is 9.99. The van der Waals surface area contributed by atoms with Crippen molar-refractivity contribution < 1.29 is 4.74 Å². The van der Waals surface area contributed by atoms with Crippen LogP contribution in [0.5, 0.6) is 5.75 Å². The Morgan fingerprint density at radius 3 is 3.06 bits per heavy atom. The van der Waals surface area contributed by atoms with Gasteiger partial charge in [0.1, 0.15) is 5.75 Å². The van der Waals surface area contributed by atoms with Gasteiger partial charge in [0, 0.05) is 12.7 Å². The van der Waals surface area contributed by atoms with Crippen LogP contribution in [0.3, 0.4) is 0 Å². The molecule has 0 radical (unpaired) electrons. The van der Waals surface area contributed by atoms with Gasteiger partial charge >= 0.3 is 0 Å². The van der Waals surface area contributed by atoms with Gasteiger partial charge in [0.2, 0.25) is 0 Å². The highest BCUT2D eigenvalue weighted by Gasteiger charge is 2.31. The fraction of sp³-hybridized carbons (Fsp3) is 0.500. The minimum atomic E-state index is 0.720. The number of allylic oxidation sites excluding steroid dienone is 1. The topological polar surface area (TPSA) is 34.1 Å². The van der Waals surface area contributed by atoms with E-state index in [9.17, 15) is 0 Å². The molecule has 3 nitrogen and oxygen atoms in total. The van der Waals surface area contributed by atoms with Gasteiger partial charge in [-0.3, -0.25) is 4.98 Å². The molecule has 3 heteroatoms. The number of pyridine rings is 1. The van der Waals surface area contributed by atoms with Crippen LogP contribution in [0.15, 0.2) is 18.3 Å². The van der Waals surface area contributed by atoms with Crippen molar-refractivity contribution in [1.82, 2.24) is 10.3 Å². The van der Waals surface area contributed by atoms with Crippen LogP contribution in [-0.2, 0) is 0 Å². The average Bonchev–Trinajstić information content (AvgIpc) is 2.90. The van der Waals surface area contributed by atoms with Gasteiger partial charge in [-0.05, 0) is 48.9 Å². The molecule has 2 heterocycles. The molecule has 0 bridgehead atoms. The maximum Gasteiger partial charge on any atom is 0.140 e. The van der Waals surface area contributed by atoms with E-state index in [-0.39, 0.29) is 0 Å². The molecule has 0 spiro atoms. The summed E-state index contributed by atoms with van der Waals surface area (Å²) in [6.45, 7) is 4.26. The zero-order valence-corrected chi connectivity index (χ0v) is 10.4. The van der Waals surface area contributed by atoms with Gasteiger partial charge < -0.3 is 10.1 Å². The lowest BCUT2D eigenvalue weighted by Crippen LogP contribution is -2.09. The van der Waals surface area contributed by atoms with Crippen LogP contribution in [0.2, 0.25) is 0 Å². The van der Waals surface area contributed by atoms with E-state index >= 15 is 0 Å². The van der Waals surface area contributed by atoms with Crippen molar-refractivity contribution in [2.45, 2.75) is 13.3 Å². The van der Waals surface area contributed by atoms with Gasteiger partial charge in [0.05, 0.1) is 12.8 Å². The zero-order valence-electron chi connectivity index (χ0n) is 10.4. The van der Waals surface area contributed by atoms with Crippen molar-refractivity contribution in [2.24, 2.45) is 11.8 Å². The molecule has 90 valence electrons. The van der Waals surface area contributed by atoms with Gasteiger partial charge in [-0.25, -0.2) is 0 Å². The van der Waals surface area contributed by atoms with Gasteiger partial charge in [-0.1, -0.05) is 6.08 Å². The molecule has 1 aliphatic heterocycles. The average molecular weight is 230 g/mol. The van der Waals surface area contributed by atoms with Gasteiger partial charge in [-0.2, -0.15) is 0 Å². The highest BCUT2D eigenvalue weighted by atomic mass is 16.5. The summed E-state index contributed by atoms with van der Waals surface area (Å²) in [5.74, 6) is 2.40. The van der Waals surface area contributed by atoms with Crippen LogP contribution in [0.1, 0.15) is 17.7 Å². The summed E-state index contributed by atoms with van der Waals surface area (Å²) in [5.41, 5.74) is 3.62. The van der Waals surface area contributed by atoms with Crippen molar-refractivity contribution in [3.05, 3.63) is 29.6 Å². The maximum absolute atomic E-state index is 5.34. The molecule has 0 amide bonds. The first kappa shape index (κ1) is 10.8. The number of aryl methyl sites for hydroxylation is 1. The Morgan fingerprint density at radius 2 is 2.29 bits per heavy atom. The Labute approximate surface area is 102 Å². The molecule has 3 rings (SSSR count). The molecule has 0 saturated carbocycles. The molecule has 1 N–H and O–H groups in total. The summed E-state index contributed by atoms with van der Waals surface area (Å²) in [4.78, 5) is 4.41. The molecular formula is C14H18N2O. The first-order chi connectivity index (χ1) is 8.28. The van der Waals surface area contributed by atoms with E-state index in [0.717, 1.165) is 36.4 Å². The molecular weight excluding hydrogens is 212 g/mol. The summed E-state index contributed by atoms with van der Waals surface area (Å²) in [6.07, 6.45) is 5.56. The zero-order chi connectivity index (χ0) is 11.8. The predicted octanol–water partition coefficient (Wildman–Crippen LogP) is 2.02. The summed E-state index contributed by atoms with van der Waals surface area (Å²) in [7, 11) is 1.70. The second-order valence-electron chi connectivity index (χ2n) is 4.99. The van der Waals surface area contributed by atoms with Crippen LogP contribution in [-0.4, -0.2) is 25.2 Å². The molecule has 0 unspecified atom stereocenters. The molecule has 0 aromatic carbocycles. The van der Waals surface area contributed by atoms with E-state index in [1.54, 1.807) is 7.11 Å². The Morgan fingerprint density at radius 1 is 1.41 bits per heavy atom. The first-order valence-electron chi connectivity index (χ1n) is 6.20. The number of hydrogen-bond donors (Lipinski definition) is 1. The fourth-order valence-electron chi connectivity index (χ4n) is 2.89. The number of aromatic nitrogens is 1. The number of fused-ring (bicyclic) bond motifs is 1. The number of nitrogens with one attached hydrogen (secondary N) is 1. The van der Waals surface area contributed by atoms with Gasteiger partial charge in [0.25, 0.3) is 0 Å². The fourth-order valence-corrected chi connectivity index (χ4v) is 2.89. The lowest BCUT2D eigenvalue weighted by Gasteiger charge is -2.09. The smallest absolute Gasteiger partial charge is 0.140 e. The predicted molar refractivity (Wildman–Crippen MR) is 68.0 cm³/mol. The van der Waals surface area contributed by atoms with Crippen LogP contribution >= 0.6 is 0 Å². The summed E-state index contributed by atoms with van der Waals surface area (Å²) in [5, 5.41) is 3.44. The van der Waals surface area contributed by atoms with Crippen molar-refractivity contribution in [1.29, 1.82) is 0 Å². The Kier molecular flexibility index (Phi) is 2.63. The normalized spacial score (nSPS) is 26.8. The molecule has 17 heavy (non-hydrogen) atoms. The van der Waals surface area contributed by atoms with Gasteiger partial charge in [-0.15, -0.1) is 0 Å². The Hall–Kier alpha value is -1.35. The van der Waals surface area contributed by atoms with E-state index in [0.29, 0.717) is 0 Å². The number of nitrogens with zero attached hydrogens (tertiary/aromatic N) is 1. The van der Waals surface area contributed by atoms with E-state index in [4.69, 9.17) is 4.74 Å². The third-order valence-electron chi connectivity index (χ3n) is 3.92. The summed E-state index contributed by atoms with van der Waals surface area (Å²) in [6, 6.07) is 2.11. The number of rotatable bonds is 2. The third kappa shape index (κ3) is 1.84. The Bertz CT molecular complexity index is 467.